The van der Waals surface area contributed by atoms with Crippen molar-refractivity contribution in [2.24, 2.45) is 0 Å². The van der Waals surface area contributed by atoms with E-state index >= 15 is 0 Å². The molecule has 0 bridgehead atoms. The minimum absolute atomic E-state index is 0.0915. The lowest BCUT2D eigenvalue weighted by atomic mass is 10.1. The Morgan fingerprint density at radius 1 is 0.778 bits per heavy atom. The van der Waals surface area contributed by atoms with Gasteiger partial charge in [0.15, 0.2) is 0 Å². The van der Waals surface area contributed by atoms with Crippen LogP contribution in [0.1, 0.15) is 20.7 Å². The van der Waals surface area contributed by atoms with E-state index < -0.39 is 36.0 Å². The van der Waals surface area contributed by atoms with Crippen molar-refractivity contribution in [3.05, 3.63) is 71.8 Å². The molecule has 2 aromatic rings. The molecule has 0 radical (unpaired) electrons. The average Bonchev–Trinajstić information content (AvgIpc) is 2.70. The zero-order valence-corrected chi connectivity index (χ0v) is 14.3. The number of rotatable bonds is 7. The van der Waals surface area contributed by atoms with Crippen LogP contribution in [0, 0.1) is 0 Å². The number of carbonyl (C=O) groups excluding carboxylic acids is 3. The summed E-state index contributed by atoms with van der Waals surface area (Å²) in [5, 5.41) is 11.6. The summed E-state index contributed by atoms with van der Waals surface area (Å²) in [5.74, 6) is -4.44. The van der Waals surface area contributed by atoms with Gasteiger partial charge in [-0.1, -0.05) is 36.4 Å². The Balaban J connectivity index is 2.25. The van der Waals surface area contributed by atoms with E-state index in [1.165, 1.54) is 31.3 Å². The first-order chi connectivity index (χ1) is 12.9. The molecule has 0 spiro atoms. The molecule has 0 heterocycles. The fraction of sp³-hybridized carbons (Fsp3) is 0.158. The second-order valence-corrected chi connectivity index (χ2v) is 5.34. The number of carboxylic acids is 1. The molecule has 0 saturated heterocycles. The monoisotopic (exact) mass is 371 g/mol. The number of likely N-dealkylation sites (N-methyl/N-ethyl adjacent to an activating group) is 1. The van der Waals surface area contributed by atoms with Gasteiger partial charge in [0.25, 0.3) is 5.91 Å². The summed E-state index contributed by atoms with van der Waals surface area (Å²) in [6.07, 6.45) is -3.89. The van der Waals surface area contributed by atoms with Gasteiger partial charge in [-0.2, -0.15) is 0 Å². The van der Waals surface area contributed by atoms with Crippen LogP contribution in [0.5, 0.6) is 0 Å². The maximum absolute atomic E-state index is 12.2. The van der Waals surface area contributed by atoms with E-state index in [2.05, 4.69) is 5.32 Å². The molecule has 2 N–H and O–H groups in total. The molecule has 0 aliphatic rings. The fourth-order valence-corrected chi connectivity index (χ4v) is 2.15. The van der Waals surface area contributed by atoms with E-state index in [4.69, 9.17) is 9.47 Å². The quantitative estimate of drug-likeness (QED) is 0.704. The molecule has 0 aliphatic carbocycles. The highest BCUT2D eigenvalue weighted by molar-refractivity contribution is 5.96. The van der Waals surface area contributed by atoms with Crippen LogP contribution in [0.2, 0.25) is 0 Å². The lowest BCUT2D eigenvalue weighted by Crippen LogP contribution is -2.49. The molecule has 2 aromatic carbocycles. The van der Waals surface area contributed by atoms with E-state index in [9.17, 15) is 24.3 Å². The lowest BCUT2D eigenvalue weighted by Gasteiger charge is -2.22. The molecule has 1 amide bonds. The first-order valence-electron chi connectivity index (χ1n) is 7.90. The molecule has 0 unspecified atom stereocenters. The number of benzene rings is 2. The smallest absolute Gasteiger partial charge is 0.349 e. The molecule has 8 nitrogen and oxygen atoms in total. The molecule has 2 atom stereocenters. The number of ether oxygens (including phenoxy) is 2. The first kappa shape index (κ1) is 19.6. The maximum Gasteiger partial charge on any atom is 0.349 e. The third kappa shape index (κ3) is 5.15. The average molecular weight is 371 g/mol. The van der Waals surface area contributed by atoms with Crippen LogP contribution < -0.4 is 5.32 Å². The van der Waals surface area contributed by atoms with E-state index in [1.807, 2.05) is 0 Å². The van der Waals surface area contributed by atoms with Crippen molar-refractivity contribution in [3.8, 4) is 0 Å². The Hall–Kier alpha value is -3.68. The van der Waals surface area contributed by atoms with Gasteiger partial charge in [-0.3, -0.25) is 4.79 Å². The van der Waals surface area contributed by atoms with Gasteiger partial charge in [-0.15, -0.1) is 0 Å². The predicted octanol–water partition coefficient (Wildman–Crippen LogP) is 1.27. The van der Waals surface area contributed by atoms with Crippen LogP contribution in [0.25, 0.3) is 0 Å². The molecule has 0 aliphatic heterocycles. The van der Waals surface area contributed by atoms with Gasteiger partial charge in [0, 0.05) is 7.05 Å². The summed E-state index contributed by atoms with van der Waals surface area (Å²) >= 11 is 0. The van der Waals surface area contributed by atoms with E-state index in [-0.39, 0.29) is 11.1 Å². The highest BCUT2D eigenvalue weighted by Crippen LogP contribution is 2.13. The van der Waals surface area contributed by atoms with E-state index in [0.29, 0.717) is 0 Å². The van der Waals surface area contributed by atoms with Gasteiger partial charge < -0.3 is 19.9 Å². The van der Waals surface area contributed by atoms with Crippen LogP contribution in [0.4, 0.5) is 0 Å². The molecule has 2 rings (SSSR count). The Labute approximate surface area is 154 Å². The minimum Gasteiger partial charge on any atom is -0.478 e. The van der Waals surface area contributed by atoms with Gasteiger partial charge in [0.05, 0.1) is 11.1 Å². The first-order valence-corrected chi connectivity index (χ1v) is 7.90. The summed E-state index contributed by atoms with van der Waals surface area (Å²) in [6.45, 7) is 0. The number of nitrogens with one attached hydrogen (secondary N) is 1. The van der Waals surface area contributed by atoms with Gasteiger partial charge in [-0.25, -0.2) is 14.4 Å². The SMILES string of the molecule is CNC(=O)[C@H](OC(=O)c1ccccc1)[C@@H](OC(=O)c1ccccc1)C(=O)O. The van der Waals surface area contributed by atoms with E-state index in [0.717, 1.165) is 0 Å². The van der Waals surface area contributed by atoms with Crippen LogP contribution in [-0.2, 0) is 19.1 Å². The number of esters is 2. The second-order valence-electron chi connectivity index (χ2n) is 5.34. The normalized spacial score (nSPS) is 12.3. The highest BCUT2D eigenvalue weighted by Gasteiger charge is 2.40. The second kappa shape index (κ2) is 9.14. The molecule has 0 fully saturated rings. The van der Waals surface area contributed by atoms with E-state index in [1.54, 1.807) is 36.4 Å². The van der Waals surface area contributed by atoms with Crippen molar-refractivity contribution >= 4 is 23.8 Å². The van der Waals surface area contributed by atoms with Crippen molar-refractivity contribution in [3.63, 3.8) is 0 Å². The van der Waals surface area contributed by atoms with Gasteiger partial charge in [0.2, 0.25) is 12.2 Å². The number of hydrogen-bond donors (Lipinski definition) is 2. The van der Waals surface area contributed by atoms with Crippen molar-refractivity contribution in [1.29, 1.82) is 0 Å². The van der Waals surface area contributed by atoms with Crippen molar-refractivity contribution in [1.82, 2.24) is 5.32 Å². The Kier molecular flexibility index (Phi) is 6.65. The highest BCUT2D eigenvalue weighted by atomic mass is 16.6. The molecule has 0 aromatic heterocycles. The third-order valence-electron chi connectivity index (χ3n) is 3.51. The Morgan fingerprint density at radius 2 is 1.19 bits per heavy atom. The topological polar surface area (TPSA) is 119 Å². The molecular weight excluding hydrogens is 354 g/mol. The summed E-state index contributed by atoms with van der Waals surface area (Å²) in [6, 6.07) is 15.4. The number of aliphatic carboxylic acids is 1. The zero-order valence-electron chi connectivity index (χ0n) is 14.3. The van der Waals surface area contributed by atoms with Crippen LogP contribution >= 0.6 is 0 Å². The van der Waals surface area contributed by atoms with Crippen molar-refractivity contribution in [2.45, 2.75) is 12.2 Å². The summed E-state index contributed by atoms with van der Waals surface area (Å²) < 4.78 is 9.98. The van der Waals surface area contributed by atoms with Gasteiger partial charge in [0.1, 0.15) is 0 Å². The van der Waals surface area contributed by atoms with Gasteiger partial charge in [-0.05, 0) is 24.3 Å². The molecule has 0 saturated carbocycles. The van der Waals surface area contributed by atoms with Crippen molar-refractivity contribution < 1.29 is 33.8 Å². The van der Waals surface area contributed by atoms with Gasteiger partial charge >= 0.3 is 17.9 Å². The maximum atomic E-state index is 12.2. The van der Waals surface area contributed by atoms with Crippen LogP contribution in [0.3, 0.4) is 0 Å². The predicted molar refractivity (Wildman–Crippen MR) is 93.0 cm³/mol. The number of carbonyl (C=O) groups is 4. The van der Waals surface area contributed by atoms with Crippen LogP contribution in [-0.4, -0.2) is 48.2 Å². The summed E-state index contributed by atoms with van der Waals surface area (Å²) in [5.41, 5.74) is 0.207. The standard InChI is InChI=1S/C19H17NO7/c1-20-16(21)14(26-18(24)12-8-4-2-5-9-12)15(17(22)23)27-19(25)13-10-6-3-7-11-13/h2-11,14-15H,1H3,(H,20,21)(H,22,23)/t14-,15-/m1/s1. The number of hydrogen-bond acceptors (Lipinski definition) is 6. The number of amides is 1. The van der Waals surface area contributed by atoms with Crippen LogP contribution in [0.15, 0.2) is 60.7 Å². The summed E-state index contributed by atoms with van der Waals surface area (Å²) in [7, 11) is 1.24. The lowest BCUT2D eigenvalue weighted by molar-refractivity contribution is -0.159. The molecular formula is C19H17NO7. The Morgan fingerprint density at radius 3 is 1.56 bits per heavy atom. The van der Waals surface area contributed by atoms with Crippen molar-refractivity contribution in [2.75, 3.05) is 7.05 Å². The fourth-order valence-electron chi connectivity index (χ4n) is 2.15. The molecule has 8 heteroatoms. The third-order valence-corrected chi connectivity index (χ3v) is 3.51. The molecule has 140 valence electrons. The Bertz CT molecular complexity index is 820. The largest absolute Gasteiger partial charge is 0.478 e. The zero-order chi connectivity index (χ0) is 19.8. The molecule has 27 heavy (non-hydrogen) atoms. The number of carboxylic acid groups (broad SMARTS) is 1. The summed E-state index contributed by atoms with van der Waals surface area (Å²) in [4.78, 5) is 48.1. The minimum atomic E-state index is -2.02.